The summed E-state index contributed by atoms with van der Waals surface area (Å²) in [5.41, 5.74) is 7.70. The van der Waals surface area contributed by atoms with E-state index in [0.29, 0.717) is 18.8 Å². The molecule has 2 aromatic rings. The second-order valence-electron chi connectivity index (χ2n) is 5.04. The number of carbonyl (C=O) groups is 1. The number of carboxylic acids is 1. The molecule has 0 aliphatic carbocycles. The van der Waals surface area contributed by atoms with Crippen molar-refractivity contribution in [2.45, 2.75) is 25.5 Å². The average molecular weight is 301 g/mol. The molecule has 5 heteroatoms. The van der Waals surface area contributed by atoms with Gasteiger partial charge in [0, 0.05) is 12.5 Å². The second-order valence-corrected chi connectivity index (χ2v) is 5.04. The third-order valence-corrected chi connectivity index (χ3v) is 3.32. The smallest absolute Gasteiger partial charge is 0.303 e. The Hall–Kier alpha value is -2.53. The standard InChI is InChI=1S/C17H19NO4/c18-14(7-9-17(20)21)13-6-8-15(19)16(10-13)22-11-12-4-2-1-3-5-12/h1-6,8,10,14,19H,7,9,11,18H2,(H,20,21). The van der Waals surface area contributed by atoms with Crippen LogP contribution in [0, 0.1) is 0 Å². The first-order chi connectivity index (χ1) is 10.6. The lowest BCUT2D eigenvalue weighted by molar-refractivity contribution is -0.137. The first-order valence-corrected chi connectivity index (χ1v) is 7.03. The van der Waals surface area contributed by atoms with Crippen molar-refractivity contribution in [1.82, 2.24) is 0 Å². The number of phenolic OH excluding ortho intramolecular Hbond substituents is 1. The van der Waals surface area contributed by atoms with Crippen LogP contribution in [0.5, 0.6) is 11.5 Å². The van der Waals surface area contributed by atoms with Gasteiger partial charge in [-0.25, -0.2) is 0 Å². The maximum Gasteiger partial charge on any atom is 0.303 e. The number of rotatable bonds is 7. The minimum atomic E-state index is -0.880. The number of hydrogen-bond acceptors (Lipinski definition) is 4. The molecule has 0 bridgehead atoms. The van der Waals surface area contributed by atoms with Gasteiger partial charge in [-0.15, -0.1) is 0 Å². The molecule has 0 radical (unpaired) electrons. The summed E-state index contributed by atoms with van der Waals surface area (Å²) in [6, 6.07) is 14.0. The lowest BCUT2D eigenvalue weighted by atomic mass is 10.0. The molecule has 0 aliphatic rings. The number of hydrogen-bond donors (Lipinski definition) is 3. The Morgan fingerprint density at radius 3 is 2.59 bits per heavy atom. The van der Waals surface area contributed by atoms with Gasteiger partial charge in [0.1, 0.15) is 6.61 Å². The van der Waals surface area contributed by atoms with Gasteiger partial charge < -0.3 is 20.7 Å². The molecule has 1 unspecified atom stereocenters. The predicted octanol–water partition coefficient (Wildman–Crippen LogP) is 2.84. The summed E-state index contributed by atoms with van der Waals surface area (Å²) in [6.07, 6.45) is 0.334. The van der Waals surface area contributed by atoms with Crippen molar-refractivity contribution in [3.05, 3.63) is 59.7 Å². The SMILES string of the molecule is NC(CCC(=O)O)c1ccc(O)c(OCc2ccccc2)c1. The molecule has 0 fully saturated rings. The maximum atomic E-state index is 10.6. The van der Waals surface area contributed by atoms with Crippen LogP contribution in [0.1, 0.15) is 30.0 Å². The summed E-state index contributed by atoms with van der Waals surface area (Å²) in [6.45, 7) is 0.336. The van der Waals surface area contributed by atoms with Gasteiger partial charge in [0.2, 0.25) is 0 Å². The highest BCUT2D eigenvalue weighted by molar-refractivity contribution is 5.66. The molecule has 0 amide bonds. The third-order valence-electron chi connectivity index (χ3n) is 3.32. The van der Waals surface area contributed by atoms with Crippen molar-refractivity contribution in [1.29, 1.82) is 0 Å². The zero-order valence-electron chi connectivity index (χ0n) is 12.1. The van der Waals surface area contributed by atoms with Crippen LogP contribution in [0.2, 0.25) is 0 Å². The number of phenols is 1. The molecule has 0 saturated carbocycles. The highest BCUT2D eigenvalue weighted by Gasteiger charge is 2.12. The summed E-state index contributed by atoms with van der Waals surface area (Å²) < 4.78 is 5.62. The van der Waals surface area contributed by atoms with Crippen LogP contribution in [0.4, 0.5) is 0 Å². The largest absolute Gasteiger partial charge is 0.504 e. The Kier molecular flexibility index (Phi) is 5.38. The van der Waals surface area contributed by atoms with Crippen molar-refractivity contribution >= 4 is 5.97 Å². The fourth-order valence-electron chi connectivity index (χ4n) is 2.06. The highest BCUT2D eigenvalue weighted by atomic mass is 16.5. The third kappa shape index (κ3) is 4.49. The van der Waals surface area contributed by atoms with Crippen LogP contribution < -0.4 is 10.5 Å². The second kappa shape index (κ2) is 7.47. The quantitative estimate of drug-likeness (QED) is 0.731. The van der Waals surface area contributed by atoms with E-state index < -0.39 is 12.0 Å². The monoisotopic (exact) mass is 301 g/mol. The summed E-state index contributed by atoms with van der Waals surface area (Å²) in [4.78, 5) is 10.6. The van der Waals surface area contributed by atoms with E-state index >= 15 is 0 Å². The summed E-state index contributed by atoms with van der Waals surface area (Å²) >= 11 is 0. The lowest BCUT2D eigenvalue weighted by Crippen LogP contribution is -2.12. The van der Waals surface area contributed by atoms with Gasteiger partial charge in [0.05, 0.1) is 0 Å². The minimum Gasteiger partial charge on any atom is -0.504 e. The molecule has 2 aromatic carbocycles. The van der Waals surface area contributed by atoms with Crippen molar-refractivity contribution in [3.63, 3.8) is 0 Å². The number of aliphatic carboxylic acids is 1. The lowest BCUT2D eigenvalue weighted by Gasteiger charge is -2.14. The Balaban J connectivity index is 2.04. The summed E-state index contributed by atoms with van der Waals surface area (Å²) in [5, 5.41) is 18.6. The molecule has 1 atom stereocenters. The molecule has 0 saturated heterocycles. The molecule has 116 valence electrons. The number of aromatic hydroxyl groups is 1. The molecular weight excluding hydrogens is 282 g/mol. The van der Waals surface area contributed by atoms with Gasteiger partial charge in [0.15, 0.2) is 11.5 Å². The summed E-state index contributed by atoms with van der Waals surface area (Å²) in [5.74, 6) is -0.507. The van der Waals surface area contributed by atoms with E-state index in [1.807, 2.05) is 30.3 Å². The Labute approximate surface area is 129 Å². The highest BCUT2D eigenvalue weighted by Crippen LogP contribution is 2.30. The van der Waals surface area contributed by atoms with Crippen molar-refractivity contribution in [2.75, 3.05) is 0 Å². The van der Waals surface area contributed by atoms with Crippen LogP contribution in [0.3, 0.4) is 0 Å². The van der Waals surface area contributed by atoms with Gasteiger partial charge in [-0.3, -0.25) is 4.79 Å². The van der Waals surface area contributed by atoms with E-state index in [9.17, 15) is 9.90 Å². The number of ether oxygens (including phenoxy) is 1. The van der Waals surface area contributed by atoms with Crippen LogP contribution >= 0.6 is 0 Å². The van der Waals surface area contributed by atoms with E-state index in [1.165, 1.54) is 6.07 Å². The first-order valence-electron chi connectivity index (χ1n) is 7.03. The van der Waals surface area contributed by atoms with Crippen LogP contribution in [-0.4, -0.2) is 16.2 Å². The average Bonchev–Trinajstić information content (AvgIpc) is 2.52. The van der Waals surface area contributed by atoms with Crippen molar-refractivity contribution < 1.29 is 19.7 Å². The fourth-order valence-corrected chi connectivity index (χ4v) is 2.06. The number of benzene rings is 2. The number of nitrogens with two attached hydrogens (primary N) is 1. The van der Waals surface area contributed by atoms with Gasteiger partial charge in [-0.05, 0) is 29.7 Å². The van der Waals surface area contributed by atoms with E-state index in [0.717, 1.165) is 11.1 Å². The van der Waals surface area contributed by atoms with E-state index in [-0.39, 0.29) is 12.2 Å². The first kappa shape index (κ1) is 15.9. The van der Waals surface area contributed by atoms with E-state index in [2.05, 4.69) is 0 Å². The molecule has 4 N–H and O–H groups in total. The minimum absolute atomic E-state index is 0.00223. The van der Waals surface area contributed by atoms with Crippen molar-refractivity contribution in [3.8, 4) is 11.5 Å². The van der Waals surface area contributed by atoms with E-state index in [1.54, 1.807) is 12.1 Å². The molecule has 0 heterocycles. The predicted molar refractivity (Wildman–Crippen MR) is 82.7 cm³/mol. The Morgan fingerprint density at radius 2 is 1.91 bits per heavy atom. The zero-order valence-corrected chi connectivity index (χ0v) is 12.1. The zero-order chi connectivity index (χ0) is 15.9. The molecule has 22 heavy (non-hydrogen) atoms. The van der Waals surface area contributed by atoms with Gasteiger partial charge in [-0.1, -0.05) is 36.4 Å². The van der Waals surface area contributed by atoms with Crippen LogP contribution in [0.25, 0.3) is 0 Å². The summed E-state index contributed by atoms with van der Waals surface area (Å²) in [7, 11) is 0. The molecule has 0 spiro atoms. The Morgan fingerprint density at radius 1 is 1.18 bits per heavy atom. The van der Waals surface area contributed by atoms with Gasteiger partial charge in [-0.2, -0.15) is 0 Å². The molecule has 0 aromatic heterocycles. The maximum absolute atomic E-state index is 10.6. The molecular formula is C17H19NO4. The topological polar surface area (TPSA) is 92.8 Å². The normalized spacial score (nSPS) is 11.9. The van der Waals surface area contributed by atoms with Gasteiger partial charge in [0.25, 0.3) is 0 Å². The molecule has 0 aliphatic heterocycles. The van der Waals surface area contributed by atoms with Crippen molar-refractivity contribution in [2.24, 2.45) is 5.73 Å². The van der Waals surface area contributed by atoms with Gasteiger partial charge >= 0.3 is 5.97 Å². The molecule has 5 nitrogen and oxygen atoms in total. The van der Waals surface area contributed by atoms with Crippen LogP contribution in [0.15, 0.2) is 48.5 Å². The molecule has 2 rings (SSSR count). The Bertz CT molecular complexity index is 628. The fraction of sp³-hybridized carbons (Fsp3) is 0.235. The van der Waals surface area contributed by atoms with E-state index in [4.69, 9.17) is 15.6 Å². The number of carboxylic acid groups (broad SMARTS) is 1. The van der Waals surface area contributed by atoms with Crippen LogP contribution in [-0.2, 0) is 11.4 Å².